The molecule has 1 aliphatic heterocycles. The second-order valence-electron chi connectivity index (χ2n) is 6.22. The van der Waals surface area contributed by atoms with Crippen LogP contribution in [0, 0.1) is 5.41 Å². The van der Waals surface area contributed by atoms with Gasteiger partial charge in [-0.1, -0.05) is 12.1 Å². The molecule has 0 aromatic carbocycles. The normalized spacial score (nSPS) is 17.3. The number of aromatic nitrogens is 1. The Morgan fingerprint density at radius 1 is 1.32 bits per heavy atom. The number of likely N-dealkylation sites (tertiary alicyclic amines) is 1. The maximum absolute atomic E-state index is 5.77. The van der Waals surface area contributed by atoms with E-state index in [-0.39, 0.29) is 0 Å². The number of pyridine rings is 1. The summed E-state index contributed by atoms with van der Waals surface area (Å²) in [5.41, 5.74) is 1.63. The fraction of sp³-hybridized carbons (Fsp3) is 0.500. The molecule has 2 aromatic rings. The van der Waals surface area contributed by atoms with Crippen LogP contribution in [-0.4, -0.2) is 36.2 Å². The highest BCUT2D eigenvalue weighted by molar-refractivity contribution is 7.09. The maximum atomic E-state index is 5.77. The predicted molar refractivity (Wildman–Crippen MR) is 91.1 cm³/mol. The van der Waals surface area contributed by atoms with E-state index in [1.165, 1.54) is 23.3 Å². The first-order valence-electron chi connectivity index (χ1n) is 8.01. The minimum absolute atomic E-state index is 0.336. The highest BCUT2D eigenvalue weighted by Crippen LogP contribution is 2.37. The molecule has 1 saturated heterocycles. The smallest absolute Gasteiger partial charge is 0.0546 e. The average Bonchev–Trinajstić information content (AvgIpc) is 3.03. The van der Waals surface area contributed by atoms with E-state index in [4.69, 9.17) is 4.74 Å². The number of rotatable bonds is 8. The molecule has 22 heavy (non-hydrogen) atoms. The molecule has 0 amide bonds. The van der Waals surface area contributed by atoms with Gasteiger partial charge in [0.1, 0.15) is 0 Å². The van der Waals surface area contributed by atoms with Gasteiger partial charge >= 0.3 is 0 Å². The first-order chi connectivity index (χ1) is 10.8. The van der Waals surface area contributed by atoms with Crippen LogP contribution in [-0.2, 0) is 17.7 Å². The Morgan fingerprint density at radius 3 is 2.91 bits per heavy atom. The molecule has 0 spiro atoms. The molecule has 3 rings (SSSR count). The minimum Gasteiger partial charge on any atom is -0.381 e. The molecule has 0 unspecified atom stereocenters. The molecule has 3 heterocycles. The van der Waals surface area contributed by atoms with Gasteiger partial charge in [-0.3, -0.25) is 9.88 Å². The van der Waals surface area contributed by atoms with Crippen LogP contribution in [0.15, 0.2) is 42.0 Å². The van der Waals surface area contributed by atoms with Gasteiger partial charge in [-0.15, -0.1) is 11.3 Å². The molecule has 0 radical (unpaired) electrons. The molecule has 2 aromatic heterocycles. The second-order valence-corrected chi connectivity index (χ2v) is 7.26. The van der Waals surface area contributed by atoms with Crippen molar-refractivity contribution >= 4 is 11.3 Å². The summed E-state index contributed by atoms with van der Waals surface area (Å²) >= 11 is 1.86. The van der Waals surface area contributed by atoms with E-state index < -0.39 is 0 Å². The standard InChI is InChI=1S/C18H24N2OS/c1-2-21-15-18(8-7-17-6-4-10-22-17)13-20(14-18)12-16-5-3-9-19-11-16/h3-6,9-11H,2,7-8,12-15H2,1H3. The predicted octanol–water partition coefficient (Wildman–Crippen LogP) is 3.61. The van der Waals surface area contributed by atoms with Gasteiger partial charge in [-0.05, 0) is 42.8 Å². The van der Waals surface area contributed by atoms with Crippen LogP contribution in [0.5, 0.6) is 0 Å². The van der Waals surface area contributed by atoms with Gasteiger partial charge in [0.05, 0.1) is 6.61 Å². The SMILES string of the molecule is CCOCC1(CCc2cccs2)CN(Cc2cccnc2)C1. The lowest BCUT2D eigenvalue weighted by Gasteiger charge is -2.50. The fourth-order valence-corrected chi connectivity index (χ4v) is 3.96. The van der Waals surface area contributed by atoms with E-state index in [9.17, 15) is 0 Å². The molecule has 0 aliphatic carbocycles. The number of nitrogens with zero attached hydrogens (tertiary/aromatic N) is 2. The van der Waals surface area contributed by atoms with Gasteiger partial charge in [0, 0.05) is 48.9 Å². The zero-order valence-electron chi connectivity index (χ0n) is 13.2. The lowest BCUT2D eigenvalue weighted by Crippen LogP contribution is -2.58. The van der Waals surface area contributed by atoms with Crippen molar-refractivity contribution in [1.82, 2.24) is 9.88 Å². The summed E-state index contributed by atoms with van der Waals surface area (Å²) in [4.78, 5) is 8.19. The quantitative estimate of drug-likeness (QED) is 0.744. The third-order valence-electron chi connectivity index (χ3n) is 4.34. The van der Waals surface area contributed by atoms with E-state index in [1.54, 1.807) is 0 Å². The highest BCUT2D eigenvalue weighted by atomic mass is 32.1. The lowest BCUT2D eigenvalue weighted by atomic mass is 9.76. The van der Waals surface area contributed by atoms with Crippen LogP contribution in [0.1, 0.15) is 23.8 Å². The second kappa shape index (κ2) is 7.36. The summed E-state index contributed by atoms with van der Waals surface area (Å²) in [7, 11) is 0. The summed E-state index contributed by atoms with van der Waals surface area (Å²) in [5.74, 6) is 0. The van der Waals surface area contributed by atoms with E-state index in [2.05, 4.69) is 40.4 Å². The Labute approximate surface area is 137 Å². The van der Waals surface area contributed by atoms with E-state index >= 15 is 0 Å². The number of hydrogen-bond acceptors (Lipinski definition) is 4. The van der Waals surface area contributed by atoms with Crippen LogP contribution < -0.4 is 0 Å². The molecule has 0 saturated carbocycles. The lowest BCUT2D eigenvalue weighted by molar-refractivity contribution is -0.0722. The Bertz CT molecular complexity index is 550. The Hall–Kier alpha value is -1.23. The Morgan fingerprint density at radius 2 is 2.23 bits per heavy atom. The van der Waals surface area contributed by atoms with Gasteiger partial charge in [-0.25, -0.2) is 0 Å². The highest BCUT2D eigenvalue weighted by Gasteiger charge is 2.42. The summed E-state index contributed by atoms with van der Waals surface area (Å²) in [6.07, 6.45) is 6.19. The van der Waals surface area contributed by atoms with E-state index in [0.717, 1.165) is 32.8 Å². The third-order valence-corrected chi connectivity index (χ3v) is 5.28. The number of aryl methyl sites for hydroxylation is 1. The molecular formula is C18H24N2OS. The van der Waals surface area contributed by atoms with Gasteiger partial charge in [0.15, 0.2) is 0 Å². The van der Waals surface area contributed by atoms with Crippen LogP contribution in [0.25, 0.3) is 0 Å². The Balaban J connectivity index is 1.53. The first kappa shape index (κ1) is 15.7. The molecule has 118 valence electrons. The number of thiophene rings is 1. The van der Waals surface area contributed by atoms with Crippen molar-refractivity contribution in [3.8, 4) is 0 Å². The Kier molecular flexibility index (Phi) is 5.24. The van der Waals surface area contributed by atoms with Crippen molar-refractivity contribution in [2.75, 3.05) is 26.3 Å². The summed E-state index contributed by atoms with van der Waals surface area (Å²) < 4.78 is 5.77. The average molecular weight is 316 g/mol. The van der Waals surface area contributed by atoms with Crippen molar-refractivity contribution in [3.05, 3.63) is 52.5 Å². The van der Waals surface area contributed by atoms with Crippen LogP contribution in [0.3, 0.4) is 0 Å². The maximum Gasteiger partial charge on any atom is 0.0546 e. The van der Waals surface area contributed by atoms with Gasteiger partial charge in [-0.2, -0.15) is 0 Å². The number of ether oxygens (including phenoxy) is 1. The molecule has 1 fully saturated rings. The van der Waals surface area contributed by atoms with Crippen molar-refractivity contribution in [1.29, 1.82) is 0 Å². The molecular weight excluding hydrogens is 292 g/mol. The van der Waals surface area contributed by atoms with Crippen LogP contribution >= 0.6 is 11.3 Å². The molecule has 4 heteroatoms. The van der Waals surface area contributed by atoms with E-state index in [1.807, 2.05) is 29.8 Å². The largest absolute Gasteiger partial charge is 0.381 e. The monoisotopic (exact) mass is 316 g/mol. The summed E-state index contributed by atoms with van der Waals surface area (Å²) in [6, 6.07) is 8.55. The van der Waals surface area contributed by atoms with Crippen LogP contribution in [0.4, 0.5) is 0 Å². The first-order valence-corrected chi connectivity index (χ1v) is 8.89. The zero-order chi connectivity index (χ0) is 15.3. The van der Waals surface area contributed by atoms with Gasteiger partial charge in [0.25, 0.3) is 0 Å². The van der Waals surface area contributed by atoms with E-state index in [0.29, 0.717) is 5.41 Å². The zero-order valence-corrected chi connectivity index (χ0v) is 14.0. The summed E-state index contributed by atoms with van der Waals surface area (Å²) in [6.45, 7) is 7.04. The van der Waals surface area contributed by atoms with Crippen molar-refractivity contribution < 1.29 is 4.74 Å². The number of hydrogen-bond donors (Lipinski definition) is 0. The summed E-state index contributed by atoms with van der Waals surface area (Å²) in [5, 5.41) is 2.17. The molecule has 0 bridgehead atoms. The topological polar surface area (TPSA) is 25.4 Å². The van der Waals surface area contributed by atoms with Gasteiger partial charge < -0.3 is 4.74 Å². The molecule has 0 N–H and O–H groups in total. The van der Waals surface area contributed by atoms with Gasteiger partial charge in [0.2, 0.25) is 0 Å². The van der Waals surface area contributed by atoms with Crippen molar-refractivity contribution in [2.24, 2.45) is 5.41 Å². The fourth-order valence-electron chi connectivity index (χ4n) is 3.25. The van der Waals surface area contributed by atoms with Crippen LogP contribution in [0.2, 0.25) is 0 Å². The third kappa shape index (κ3) is 3.94. The minimum atomic E-state index is 0.336. The van der Waals surface area contributed by atoms with Crippen molar-refractivity contribution in [3.63, 3.8) is 0 Å². The molecule has 3 nitrogen and oxygen atoms in total. The molecule has 0 atom stereocenters. The van der Waals surface area contributed by atoms with Crippen molar-refractivity contribution in [2.45, 2.75) is 26.3 Å². The molecule has 1 aliphatic rings.